The molecule has 1 saturated heterocycles. The zero-order valence-electron chi connectivity index (χ0n) is 5.09. The summed E-state index contributed by atoms with van der Waals surface area (Å²) in [6.07, 6.45) is 0. The van der Waals surface area contributed by atoms with Crippen LogP contribution in [0.5, 0.6) is 0 Å². The van der Waals surface area contributed by atoms with Crippen molar-refractivity contribution in [3.63, 3.8) is 0 Å². The molecule has 0 saturated carbocycles. The van der Waals surface area contributed by atoms with E-state index >= 15 is 0 Å². The highest BCUT2D eigenvalue weighted by Gasteiger charge is 2.37. The highest BCUT2D eigenvalue weighted by atomic mass is 16.2. The molecule has 1 heterocycles. The van der Waals surface area contributed by atoms with Gasteiger partial charge in [-0.15, -0.1) is 0 Å². The monoisotopic (exact) mass is 142 g/mol. The van der Waals surface area contributed by atoms with Gasteiger partial charge in [0.15, 0.2) is 11.7 Å². The van der Waals surface area contributed by atoms with E-state index in [1.807, 2.05) is 0 Å². The fraction of sp³-hybridized carbons (Fsp3) is 0.400. The zero-order valence-corrected chi connectivity index (χ0v) is 5.09. The molecule has 1 aliphatic rings. The first-order chi connectivity index (χ1) is 4.63. The first-order valence-corrected chi connectivity index (χ1v) is 2.72. The summed E-state index contributed by atoms with van der Waals surface area (Å²) in [6.45, 7) is -0.0769. The van der Waals surface area contributed by atoms with Gasteiger partial charge < -0.3 is 11.1 Å². The van der Waals surface area contributed by atoms with Crippen LogP contribution in [0.3, 0.4) is 0 Å². The van der Waals surface area contributed by atoms with Gasteiger partial charge in [-0.25, -0.2) is 0 Å². The van der Waals surface area contributed by atoms with Crippen LogP contribution in [0.2, 0.25) is 0 Å². The summed E-state index contributed by atoms with van der Waals surface area (Å²) >= 11 is 0. The van der Waals surface area contributed by atoms with Crippen LogP contribution in [0.15, 0.2) is 0 Å². The quantitative estimate of drug-likeness (QED) is 0.406. The highest BCUT2D eigenvalue weighted by molar-refractivity contribution is 6.22. The van der Waals surface area contributed by atoms with Crippen molar-refractivity contribution in [2.75, 3.05) is 6.54 Å². The third-order valence-corrected chi connectivity index (χ3v) is 1.31. The van der Waals surface area contributed by atoms with E-state index in [0.29, 0.717) is 0 Å². The maximum absolute atomic E-state index is 10.6. The number of primary amides is 1. The molecule has 2 amide bonds. The average Bonchev–Trinajstić information content (AvgIpc) is 2.11. The van der Waals surface area contributed by atoms with Crippen molar-refractivity contribution in [3.05, 3.63) is 0 Å². The molecule has 0 aromatic carbocycles. The summed E-state index contributed by atoms with van der Waals surface area (Å²) in [5.41, 5.74) is 4.76. The van der Waals surface area contributed by atoms with Crippen molar-refractivity contribution in [1.82, 2.24) is 5.32 Å². The van der Waals surface area contributed by atoms with Gasteiger partial charge in [-0.05, 0) is 0 Å². The van der Waals surface area contributed by atoms with Gasteiger partial charge in [0.2, 0.25) is 11.8 Å². The molecule has 3 N–H and O–H groups in total. The van der Waals surface area contributed by atoms with Crippen molar-refractivity contribution in [3.8, 4) is 0 Å². The van der Waals surface area contributed by atoms with Gasteiger partial charge in [-0.1, -0.05) is 0 Å². The largest absolute Gasteiger partial charge is 0.369 e. The SMILES string of the molecule is NC(=O)C1C(=O)CNC1=O. The molecule has 54 valence electrons. The molecule has 0 spiro atoms. The van der Waals surface area contributed by atoms with Gasteiger partial charge in [0.05, 0.1) is 6.54 Å². The third-order valence-electron chi connectivity index (χ3n) is 1.31. The van der Waals surface area contributed by atoms with E-state index in [9.17, 15) is 14.4 Å². The van der Waals surface area contributed by atoms with Gasteiger partial charge in [0.25, 0.3) is 0 Å². The predicted molar refractivity (Wildman–Crippen MR) is 30.7 cm³/mol. The maximum atomic E-state index is 10.6. The lowest BCUT2D eigenvalue weighted by atomic mass is 10.1. The summed E-state index contributed by atoms with van der Waals surface area (Å²) in [4.78, 5) is 31.6. The lowest BCUT2D eigenvalue weighted by molar-refractivity contribution is -0.135. The Labute approximate surface area is 56.6 Å². The van der Waals surface area contributed by atoms with E-state index in [-0.39, 0.29) is 6.54 Å². The smallest absolute Gasteiger partial charge is 0.240 e. The number of nitrogens with one attached hydrogen (secondary N) is 1. The average molecular weight is 142 g/mol. The molecule has 0 aromatic rings. The molecule has 5 nitrogen and oxygen atoms in total. The number of hydrogen-bond acceptors (Lipinski definition) is 3. The van der Waals surface area contributed by atoms with Crippen molar-refractivity contribution < 1.29 is 14.4 Å². The summed E-state index contributed by atoms with van der Waals surface area (Å²) in [5.74, 6) is -3.16. The minimum absolute atomic E-state index is 0.0769. The lowest BCUT2D eigenvalue weighted by Crippen LogP contribution is -2.33. The minimum atomic E-state index is -1.25. The van der Waals surface area contributed by atoms with Crippen LogP contribution in [0.4, 0.5) is 0 Å². The van der Waals surface area contributed by atoms with Crippen LogP contribution >= 0.6 is 0 Å². The number of carbonyl (C=O) groups excluding carboxylic acids is 3. The van der Waals surface area contributed by atoms with Crippen molar-refractivity contribution in [1.29, 1.82) is 0 Å². The number of rotatable bonds is 1. The summed E-state index contributed by atoms with van der Waals surface area (Å²) in [6, 6.07) is 0. The van der Waals surface area contributed by atoms with Gasteiger partial charge in [0.1, 0.15) is 0 Å². The maximum Gasteiger partial charge on any atom is 0.240 e. The van der Waals surface area contributed by atoms with E-state index in [1.165, 1.54) is 0 Å². The van der Waals surface area contributed by atoms with E-state index < -0.39 is 23.5 Å². The molecule has 0 radical (unpaired) electrons. The number of hydrogen-bond donors (Lipinski definition) is 2. The molecular formula is C5H6N2O3. The van der Waals surface area contributed by atoms with Crippen LogP contribution in [0.25, 0.3) is 0 Å². The Kier molecular flexibility index (Phi) is 1.41. The van der Waals surface area contributed by atoms with Crippen molar-refractivity contribution in [2.45, 2.75) is 0 Å². The van der Waals surface area contributed by atoms with Gasteiger partial charge >= 0.3 is 0 Å². The van der Waals surface area contributed by atoms with Crippen LogP contribution in [0, 0.1) is 5.92 Å². The molecule has 1 atom stereocenters. The number of carbonyl (C=O) groups is 3. The summed E-state index contributed by atoms with van der Waals surface area (Å²) in [5, 5.41) is 2.21. The fourth-order valence-electron chi connectivity index (χ4n) is 0.812. The molecular weight excluding hydrogens is 136 g/mol. The van der Waals surface area contributed by atoms with E-state index in [4.69, 9.17) is 5.73 Å². The first-order valence-electron chi connectivity index (χ1n) is 2.72. The topological polar surface area (TPSA) is 89.3 Å². The van der Waals surface area contributed by atoms with Crippen LogP contribution in [-0.4, -0.2) is 24.1 Å². The molecule has 5 heteroatoms. The molecule has 0 bridgehead atoms. The lowest BCUT2D eigenvalue weighted by Gasteiger charge is -1.95. The Balaban J connectivity index is 2.82. The van der Waals surface area contributed by atoms with Gasteiger partial charge in [-0.3, -0.25) is 14.4 Å². The second kappa shape index (κ2) is 2.09. The molecule has 10 heavy (non-hydrogen) atoms. The Morgan fingerprint density at radius 1 is 1.60 bits per heavy atom. The van der Waals surface area contributed by atoms with Crippen molar-refractivity contribution >= 4 is 17.6 Å². The van der Waals surface area contributed by atoms with Gasteiger partial charge in [0, 0.05) is 0 Å². The van der Waals surface area contributed by atoms with E-state index in [2.05, 4.69) is 5.32 Å². The second-order valence-electron chi connectivity index (χ2n) is 2.02. The first kappa shape index (κ1) is 6.73. The Bertz CT molecular complexity index is 195. The summed E-state index contributed by atoms with van der Waals surface area (Å²) < 4.78 is 0. The molecule has 1 fully saturated rings. The fourth-order valence-corrected chi connectivity index (χ4v) is 0.812. The van der Waals surface area contributed by atoms with E-state index in [0.717, 1.165) is 0 Å². The Morgan fingerprint density at radius 3 is 2.40 bits per heavy atom. The van der Waals surface area contributed by atoms with Gasteiger partial charge in [-0.2, -0.15) is 0 Å². The normalized spacial score (nSPS) is 24.6. The number of Topliss-reactive ketones (excluding diaryl/α,β-unsaturated/α-hetero) is 1. The predicted octanol–water partition coefficient (Wildman–Crippen LogP) is -2.21. The summed E-state index contributed by atoms with van der Waals surface area (Å²) in [7, 11) is 0. The standard InChI is InChI=1S/C5H6N2O3/c6-4(9)3-2(8)1-7-5(3)10/h3H,1H2,(H2,6,9)(H,7,10). The number of ketones is 1. The van der Waals surface area contributed by atoms with Crippen LogP contribution < -0.4 is 11.1 Å². The van der Waals surface area contributed by atoms with Crippen LogP contribution in [0.1, 0.15) is 0 Å². The molecule has 1 rings (SSSR count). The minimum Gasteiger partial charge on any atom is -0.369 e. The Morgan fingerprint density at radius 2 is 2.20 bits per heavy atom. The van der Waals surface area contributed by atoms with E-state index in [1.54, 1.807) is 0 Å². The zero-order chi connectivity index (χ0) is 7.72. The number of nitrogens with two attached hydrogens (primary N) is 1. The molecule has 0 aliphatic carbocycles. The molecule has 1 unspecified atom stereocenters. The molecule has 0 aromatic heterocycles. The van der Waals surface area contributed by atoms with Crippen LogP contribution in [-0.2, 0) is 14.4 Å². The Hall–Kier alpha value is -1.39. The third kappa shape index (κ3) is 0.854. The second-order valence-corrected chi connectivity index (χ2v) is 2.02. The van der Waals surface area contributed by atoms with Crippen molar-refractivity contribution in [2.24, 2.45) is 11.7 Å². The highest BCUT2D eigenvalue weighted by Crippen LogP contribution is 2.03. The molecule has 1 aliphatic heterocycles. The number of amides is 2.